The summed E-state index contributed by atoms with van der Waals surface area (Å²) in [5, 5.41) is 0. The van der Waals surface area contributed by atoms with E-state index in [2.05, 4.69) is 27.7 Å². The van der Waals surface area contributed by atoms with E-state index in [4.69, 9.17) is 0 Å². The van der Waals surface area contributed by atoms with Crippen LogP contribution in [0.1, 0.15) is 496 Å². The van der Waals surface area contributed by atoms with Crippen LogP contribution < -0.4 is 0 Å². The van der Waals surface area contributed by atoms with E-state index in [0.717, 1.165) is 11.8 Å². The third-order valence-electron chi connectivity index (χ3n) is 19.6. The second kappa shape index (κ2) is 74.1. The summed E-state index contributed by atoms with van der Waals surface area (Å²) < 4.78 is 0. The summed E-state index contributed by atoms with van der Waals surface area (Å²) in [7, 11) is 0. The maximum atomic E-state index is 2.36. The minimum Gasteiger partial charge on any atom is -0.0654 e. The third kappa shape index (κ3) is 68.7. The Morgan fingerprint density at radius 3 is 0.266 bits per heavy atom. The van der Waals surface area contributed by atoms with Crippen molar-refractivity contribution in [2.45, 2.75) is 496 Å². The summed E-state index contributed by atoms with van der Waals surface area (Å²) in [5.41, 5.74) is 0. The molecule has 0 radical (unpaired) electrons. The van der Waals surface area contributed by atoms with E-state index in [1.807, 2.05) is 0 Å². The minimum absolute atomic E-state index is 1.02. The van der Waals surface area contributed by atoms with Crippen molar-refractivity contribution in [3.05, 3.63) is 0 Å². The lowest BCUT2D eigenvalue weighted by atomic mass is 9.78. The van der Waals surface area contributed by atoms with Crippen molar-refractivity contribution in [3.63, 3.8) is 0 Å². The van der Waals surface area contributed by atoms with Gasteiger partial charge in [-0.2, -0.15) is 0 Å². The van der Waals surface area contributed by atoms with Crippen LogP contribution >= 0.6 is 0 Å². The maximum absolute atomic E-state index is 2.36. The second-order valence-electron chi connectivity index (χ2n) is 27.7. The summed E-state index contributed by atoms with van der Waals surface area (Å²) in [6, 6.07) is 0. The van der Waals surface area contributed by atoms with Gasteiger partial charge in [0.2, 0.25) is 0 Å². The molecule has 0 heteroatoms. The van der Waals surface area contributed by atoms with E-state index in [1.165, 1.54) is 443 Å². The monoisotopic (exact) mass is 1110 g/mol. The second-order valence-corrected chi connectivity index (χ2v) is 27.7. The first-order valence-corrected chi connectivity index (χ1v) is 39.3. The fraction of sp³-hybridized carbons (Fsp3) is 1.00. The van der Waals surface area contributed by atoms with Crippen LogP contribution in [0.5, 0.6) is 0 Å². The first-order chi connectivity index (χ1) is 39.3. The van der Waals surface area contributed by atoms with Crippen LogP contribution in [0.3, 0.4) is 0 Å². The van der Waals surface area contributed by atoms with E-state index in [0.29, 0.717) is 0 Å². The van der Waals surface area contributed by atoms with Gasteiger partial charge in [-0.05, 0) is 11.8 Å². The van der Waals surface area contributed by atoms with Gasteiger partial charge in [0.1, 0.15) is 0 Å². The Labute approximate surface area is 505 Å². The quantitative estimate of drug-likeness (QED) is 0.0533. The van der Waals surface area contributed by atoms with Crippen LogP contribution in [0.2, 0.25) is 0 Å². The summed E-state index contributed by atoms with van der Waals surface area (Å²) in [6.45, 7) is 9.35. The fourth-order valence-corrected chi connectivity index (χ4v) is 13.9. The van der Waals surface area contributed by atoms with Crippen LogP contribution in [0.15, 0.2) is 0 Å². The number of hydrogen-bond donors (Lipinski definition) is 0. The van der Waals surface area contributed by atoms with Crippen molar-refractivity contribution in [2.75, 3.05) is 0 Å². The Kier molecular flexibility index (Phi) is 74.1. The minimum atomic E-state index is 1.02. The molecule has 0 aromatic carbocycles. The van der Waals surface area contributed by atoms with E-state index in [9.17, 15) is 0 Å². The van der Waals surface area contributed by atoms with Crippen molar-refractivity contribution in [1.82, 2.24) is 0 Å². The van der Waals surface area contributed by atoms with Crippen molar-refractivity contribution in [2.24, 2.45) is 11.8 Å². The Morgan fingerprint density at radius 2 is 0.177 bits per heavy atom. The number of unbranched alkanes of at least 4 members (excludes halogenated alkanes) is 65. The van der Waals surface area contributed by atoms with Gasteiger partial charge in [-0.25, -0.2) is 0 Å². The third-order valence-corrected chi connectivity index (χ3v) is 19.6. The van der Waals surface area contributed by atoms with Crippen molar-refractivity contribution >= 4 is 0 Å². The van der Waals surface area contributed by atoms with Gasteiger partial charge < -0.3 is 0 Å². The Balaban J connectivity index is 4.50. The first kappa shape index (κ1) is 79.0. The Hall–Kier alpha value is 0. The molecule has 2 unspecified atom stereocenters. The largest absolute Gasteiger partial charge is 0.0654 e. The van der Waals surface area contributed by atoms with Gasteiger partial charge in [0.05, 0.1) is 0 Å². The number of hydrogen-bond acceptors (Lipinski definition) is 0. The van der Waals surface area contributed by atoms with Crippen molar-refractivity contribution in [1.29, 1.82) is 0 Å². The fourth-order valence-electron chi connectivity index (χ4n) is 13.9. The molecule has 0 saturated heterocycles. The molecule has 0 bridgehead atoms. The molecule has 0 rings (SSSR count). The molecule has 0 saturated carbocycles. The average molecular weight is 1110 g/mol. The lowest BCUT2D eigenvalue weighted by Crippen LogP contribution is -2.16. The SMILES string of the molecule is CCCCCCCCCCCCCCCCCCCCCCCCCCCC(CCCCCCCCCCC)C(CCCCCCCCCCCC)CCCCCCCCCCCCCCCCCCCCCCCCCCC. The molecular weight excluding hydrogens is 949 g/mol. The summed E-state index contributed by atoms with van der Waals surface area (Å²) in [6.07, 6.45) is 109. The summed E-state index contributed by atoms with van der Waals surface area (Å²) in [4.78, 5) is 0. The molecule has 0 aliphatic carbocycles. The normalized spacial score (nSPS) is 12.6. The Bertz CT molecular complexity index is 996. The first-order valence-electron chi connectivity index (χ1n) is 39.3. The topological polar surface area (TPSA) is 0 Å². The predicted octanol–water partition coefficient (Wildman–Crippen LogP) is 30.8. The highest BCUT2D eigenvalue weighted by Crippen LogP contribution is 2.34. The molecule has 79 heavy (non-hydrogen) atoms. The van der Waals surface area contributed by atoms with E-state index in [-0.39, 0.29) is 0 Å². The molecule has 0 fully saturated rings. The molecule has 0 aromatic rings. The summed E-state index contributed by atoms with van der Waals surface area (Å²) in [5.74, 6) is 2.03. The molecule has 0 aliphatic rings. The molecule has 0 aromatic heterocycles. The van der Waals surface area contributed by atoms with Crippen LogP contribution in [0.25, 0.3) is 0 Å². The van der Waals surface area contributed by atoms with Crippen molar-refractivity contribution < 1.29 is 0 Å². The van der Waals surface area contributed by atoms with E-state index < -0.39 is 0 Å². The molecule has 0 aliphatic heterocycles. The highest BCUT2D eigenvalue weighted by molar-refractivity contribution is 4.73. The van der Waals surface area contributed by atoms with Crippen molar-refractivity contribution in [3.8, 4) is 0 Å². The van der Waals surface area contributed by atoms with Gasteiger partial charge in [0, 0.05) is 0 Å². The smallest absolute Gasteiger partial charge is 0.0386 e. The molecule has 476 valence electrons. The molecule has 0 spiro atoms. The van der Waals surface area contributed by atoms with Gasteiger partial charge in [-0.3, -0.25) is 0 Å². The number of rotatable bonds is 74. The lowest BCUT2D eigenvalue weighted by molar-refractivity contribution is 0.236. The van der Waals surface area contributed by atoms with Gasteiger partial charge >= 0.3 is 0 Å². The lowest BCUT2D eigenvalue weighted by Gasteiger charge is -2.28. The molecule has 0 nitrogen and oxygen atoms in total. The summed E-state index contributed by atoms with van der Waals surface area (Å²) >= 11 is 0. The maximum Gasteiger partial charge on any atom is -0.0386 e. The highest BCUT2D eigenvalue weighted by Gasteiger charge is 2.21. The average Bonchev–Trinajstić information content (AvgIpc) is 3.46. The van der Waals surface area contributed by atoms with Crippen LogP contribution in [0.4, 0.5) is 0 Å². The van der Waals surface area contributed by atoms with Gasteiger partial charge in [0.15, 0.2) is 0 Å². The van der Waals surface area contributed by atoms with E-state index in [1.54, 1.807) is 25.7 Å². The molecule has 0 heterocycles. The molecular formula is C79H160. The van der Waals surface area contributed by atoms with Gasteiger partial charge in [0.25, 0.3) is 0 Å². The van der Waals surface area contributed by atoms with Crippen LogP contribution in [-0.2, 0) is 0 Å². The predicted molar refractivity (Wildman–Crippen MR) is 367 cm³/mol. The zero-order valence-electron chi connectivity index (χ0n) is 56.8. The van der Waals surface area contributed by atoms with E-state index >= 15 is 0 Å². The zero-order valence-corrected chi connectivity index (χ0v) is 56.8. The zero-order chi connectivity index (χ0) is 56.8. The van der Waals surface area contributed by atoms with Crippen LogP contribution in [0, 0.1) is 11.8 Å². The molecule has 2 atom stereocenters. The van der Waals surface area contributed by atoms with Gasteiger partial charge in [-0.1, -0.05) is 496 Å². The molecule has 0 amide bonds. The highest BCUT2D eigenvalue weighted by atomic mass is 14.3. The molecule has 0 N–H and O–H groups in total. The Morgan fingerprint density at radius 1 is 0.101 bits per heavy atom. The van der Waals surface area contributed by atoms with Crippen LogP contribution in [-0.4, -0.2) is 0 Å². The van der Waals surface area contributed by atoms with Gasteiger partial charge in [-0.15, -0.1) is 0 Å². The standard InChI is InChI=1S/C79H160/c1-5-9-13-17-21-25-28-30-32-34-36-38-40-42-44-46-48-50-52-54-56-60-64-68-72-76-78(74-70-66-62-58-24-20-16-12-8-4)79(75-71-67-63-59-27-23-19-15-11-7-3)77-73-69-65-61-57-55-53-51-49-47-45-43-41-39-37-35-33-31-29-26-22-18-14-10-6-2/h78-79H,5-77H2,1-4H3.